The first-order chi connectivity index (χ1) is 18.0. The molecule has 2 aliphatic heterocycles. The molecule has 3 rings (SSSR count). The number of nitrogens with one attached hydrogen (secondary N) is 1. The summed E-state index contributed by atoms with van der Waals surface area (Å²) in [4.78, 5) is 46.6. The molecular formula is C28H38ClN3O6. The Balaban J connectivity index is 1.78. The highest BCUT2D eigenvalue weighted by atomic mass is 35.5. The molecule has 1 saturated heterocycles. The average Bonchev–Trinajstić information content (AvgIpc) is 3.45. The number of nitrogens with zero attached hydrogens (tertiary/aromatic N) is 2. The monoisotopic (exact) mass is 547 g/mol. The van der Waals surface area contributed by atoms with Crippen molar-refractivity contribution in [3.8, 4) is 0 Å². The van der Waals surface area contributed by atoms with Crippen LogP contribution in [0.1, 0.15) is 71.3 Å². The molecule has 2 heterocycles. The highest BCUT2D eigenvalue weighted by molar-refractivity contribution is 6.31. The summed E-state index contributed by atoms with van der Waals surface area (Å²) in [6.45, 7) is 9.13. The van der Waals surface area contributed by atoms with E-state index in [9.17, 15) is 14.4 Å². The number of hydrogen-bond donors (Lipinski definition) is 1. The third-order valence-corrected chi connectivity index (χ3v) is 6.78. The molecule has 0 aliphatic carbocycles. The lowest BCUT2D eigenvalue weighted by molar-refractivity contribution is -0.151. The van der Waals surface area contributed by atoms with Crippen molar-refractivity contribution in [2.24, 2.45) is 5.16 Å². The number of hydrogen-bond acceptors (Lipinski definition) is 7. The normalized spacial score (nSPS) is 21.4. The Morgan fingerprint density at radius 3 is 2.74 bits per heavy atom. The molecule has 1 fully saturated rings. The second-order valence-corrected chi connectivity index (χ2v) is 11.3. The highest BCUT2D eigenvalue weighted by Crippen LogP contribution is 2.39. The van der Waals surface area contributed by atoms with E-state index in [2.05, 4.69) is 17.1 Å². The van der Waals surface area contributed by atoms with Crippen molar-refractivity contribution >= 4 is 35.3 Å². The van der Waals surface area contributed by atoms with Crippen molar-refractivity contribution in [3.05, 3.63) is 47.5 Å². The van der Waals surface area contributed by atoms with E-state index in [4.69, 9.17) is 25.9 Å². The van der Waals surface area contributed by atoms with Gasteiger partial charge in [0, 0.05) is 23.4 Å². The fourth-order valence-corrected chi connectivity index (χ4v) is 4.98. The maximum absolute atomic E-state index is 13.9. The summed E-state index contributed by atoms with van der Waals surface area (Å²) in [5.74, 6) is -0.927. The number of amides is 2. The molecule has 1 aromatic rings. The lowest BCUT2D eigenvalue weighted by Crippen LogP contribution is -2.53. The van der Waals surface area contributed by atoms with Crippen molar-refractivity contribution < 1.29 is 28.7 Å². The van der Waals surface area contributed by atoms with E-state index >= 15 is 0 Å². The van der Waals surface area contributed by atoms with Crippen LogP contribution < -0.4 is 5.32 Å². The highest BCUT2D eigenvalue weighted by Gasteiger charge is 2.55. The lowest BCUT2D eigenvalue weighted by atomic mass is 9.92. The van der Waals surface area contributed by atoms with Gasteiger partial charge < -0.3 is 24.5 Å². The number of allylic oxidation sites excluding steroid dienone is 1. The van der Waals surface area contributed by atoms with Crippen molar-refractivity contribution in [2.75, 3.05) is 13.7 Å². The summed E-state index contributed by atoms with van der Waals surface area (Å²) in [6.07, 6.45) is 5.58. The minimum absolute atomic E-state index is 0.127. The number of halogens is 1. The van der Waals surface area contributed by atoms with Gasteiger partial charge in [0.1, 0.15) is 17.7 Å². The van der Waals surface area contributed by atoms with Crippen molar-refractivity contribution in [1.82, 2.24) is 10.2 Å². The van der Waals surface area contributed by atoms with Crippen LogP contribution >= 0.6 is 11.6 Å². The third-order valence-electron chi connectivity index (χ3n) is 6.54. The van der Waals surface area contributed by atoms with Gasteiger partial charge in [0.05, 0.1) is 19.4 Å². The first kappa shape index (κ1) is 29.5. The zero-order valence-corrected chi connectivity index (χ0v) is 23.4. The molecule has 0 aromatic heterocycles. The minimum Gasteiger partial charge on any atom is -0.467 e. The van der Waals surface area contributed by atoms with Crippen LogP contribution in [0, 0.1) is 0 Å². The first-order valence-corrected chi connectivity index (χ1v) is 13.3. The SMILES string of the molecule is C=CCCCCC[C@H](NC(=O)OC(C)(C)C)C(=O)N1C[C@@]2(CC(c3cccc(Cl)c3)=NO2)C[C@H]1C(=O)OC. The minimum atomic E-state index is -0.882. The summed E-state index contributed by atoms with van der Waals surface area (Å²) in [5.41, 5.74) is -0.0967. The van der Waals surface area contributed by atoms with E-state index in [0.29, 0.717) is 30.0 Å². The van der Waals surface area contributed by atoms with Gasteiger partial charge in [-0.1, -0.05) is 47.8 Å². The standard InChI is InChI=1S/C28H38ClN3O6/c1-6-7-8-9-10-14-21(30-26(35)37-27(2,3)4)24(33)32-18-28(17-23(32)25(34)36-5)16-22(31-38-28)19-12-11-13-20(29)15-19/h6,11-13,15,21,23H,1,7-10,14,16-18H2,2-5H3,(H,30,35)/t21-,23-,28+/m0/s1. The van der Waals surface area contributed by atoms with Crippen LogP contribution in [0.3, 0.4) is 0 Å². The summed E-state index contributed by atoms with van der Waals surface area (Å²) in [5, 5.41) is 7.58. The number of unbranched alkanes of at least 4 members (excludes halogenated alkanes) is 3. The fraction of sp³-hybridized carbons (Fsp3) is 0.571. The number of esters is 1. The van der Waals surface area contributed by atoms with Gasteiger partial charge in [0.15, 0.2) is 5.60 Å². The Kier molecular flexibility index (Phi) is 9.82. The van der Waals surface area contributed by atoms with E-state index in [0.717, 1.165) is 24.8 Å². The molecule has 0 saturated carbocycles. The van der Waals surface area contributed by atoms with Crippen molar-refractivity contribution in [1.29, 1.82) is 0 Å². The summed E-state index contributed by atoms with van der Waals surface area (Å²) in [6, 6.07) is 5.54. The largest absolute Gasteiger partial charge is 0.467 e. The Morgan fingerprint density at radius 1 is 1.32 bits per heavy atom. The zero-order valence-electron chi connectivity index (χ0n) is 22.6. The second kappa shape index (κ2) is 12.7. The number of carbonyl (C=O) groups excluding carboxylic acids is 3. The number of alkyl carbamates (subject to hydrolysis) is 1. The Bertz CT molecular complexity index is 1070. The molecule has 208 valence electrons. The Labute approximate surface area is 229 Å². The van der Waals surface area contributed by atoms with E-state index in [1.165, 1.54) is 12.0 Å². The molecule has 9 nitrogen and oxygen atoms in total. The topological polar surface area (TPSA) is 107 Å². The van der Waals surface area contributed by atoms with Crippen LogP contribution in [0.2, 0.25) is 5.02 Å². The first-order valence-electron chi connectivity index (χ1n) is 13.0. The van der Waals surface area contributed by atoms with Crippen LogP contribution in [-0.4, -0.2) is 65.5 Å². The molecule has 2 amide bonds. The van der Waals surface area contributed by atoms with Crippen LogP contribution in [0.25, 0.3) is 0 Å². The van der Waals surface area contributed by atoms with Crippen LogP contribution in [-0.2, 0) is 23.9 Å². The molecule has 0 bridgehead atoms. The quantitative estimate of drug-likeness (QED) is 0.251. The van der Waals surface area contributed by atoms with Gasteiger partial charge in [-0.2, -0.15) is 0 Å². The number of benzene rings is 1. The summed E-state index contributed by atoms with van der Waals surface area (Å²) < 4.78 is 10.4. The number of ether oxygens (including phenoxy) is 2. The van der Waals surface area contributed by atoms with Crippen molar-refractivity contribution in [2.45, 2.75) is 89.0 Å². The number of likely N-dealkylation sites (tertiary alicyclic amines) is 1. The third kappa shape index (κ3) is 7.72. The van der Waals surface area contributed by atoms with Crippen LogP contribution in [0.15, 0.2) is 42.1 Å². The van der Waals surface area contributed by atoms with E-state index in [1.54, 1.807) is 32.9 Å². The maximum Gasteiger partial charge on any atom is 0.408 e. The molecule has 3 atom stereocenters. The molecular weight excluding hydrogens is 510 g/mol. The van der Waals surface area contributed by atoms with Gasteiger partial charge in [-0.15, -0.1) is 6.58 Å². The summed E-state index contributed by atoms with van der Waals surface area (Å²) in [7, 11) is 1.29. The molecule has 0 radical (unpaired) electrons. The predicted molar refractivity (Wildman–Crippen MR) is 145 cm³/mol. The van der Waals surface area contributed by atoms with E-state index in [-0.39, 0.29) is 18.9 Å². The van der Waals surface area contributed by atoms with Gasteiger partial charge in [-0.3, -0.25) is 4.79 Å². The van der Waals surface area contributed by atoms with Crippen LogP contribution in [0.5, 0.6) is 0 Å². The molecule has 1 N–H and O–H groups in total. The smallest absolute Gasteiger partial charge is 0.408 e. The maximum atomic E-state index is 13.9. The van der Waals surface area contributed by atoms with Gasteiger partial charge in [0.2, 0.25) is 5.91 Å². The van der Waals surface area contributed by atoms with E-state index < -0.39 is 35.3 Å². The second-order valence-electron chi connectivity index (χ2n) is 10.8. The molecule has 38 heavy (non-hydrogen) atoms. The zero-order chi connectivity index (χ0) is 27.9. The van der Waals surface area contributed by atoms with Gasteiger partial charge in [0.25, 0.3) is 0 Å². The van der Waals surface area contributed by atoms with Crippen LogP contribution in [0.4, 0.5) is 4.79 Å². The molecule has 10 heteroatoms. The van der Waals surface area contributed by atoms with Gasteiger partial charge >= 0.3 is 12.1 Å². The Hall–Kier alpha value is -3.07. The number of methoxy groups -OCH3 is 1. The predicted octanol–water partition coefficient (Wildman–Crippen LogP) is 5.01. The number of oxime groups is 1. The molecule has 0 unspecified atom stereocenters. The summed E-state index contributed by atoms with van der Waals surface area (Å²) >= 11 is 6.15. The number of carbonyl (C=O) groups is 3. The van der Waals surface area contributed by atoms with Gasteiger partial charge in [-0.25, -0.2) is 9.59 Å². The Morgan fingerprint density at radius 2 is 2.08 bits per heavy atom. The fourth-order valence-electron chi connectivity index (χ4n) is 4.79. The van der Waals surface area contributed by atoms with Gasteiger partial charge in [-0.05, 0) is 52.2 Å². The lowest BCUT2D eigenvalue weighted by Gasteiger charge is -2.29. The molecule has 1 aromatic carbocycles. The van der Waals surface area contributed by atoms with Crippen molar-refractivity contribution in [3.63, 3.8) is 0 Å². The molecule has 1 spiro atoms. The molecule has 2 aliphatic rings. The number of rotatable bonds is 10. The van der Waals surface area contributed by atoms with E-state index in [1.807, 2.05) is 18.2 Å². The average molecular weight is 548 g/mol.